The SMILES string of the molecule is CCNC(C)c1ccc(N(C)C(CC)CSC)cc1. The van der Waals surface area contributed by atoms with Crippen molar-refractivity contribution in [2.75, 3.05) is 30.5 Å². The van der Waals surface area contributed by atoms with E-state index in [9.17, 15) is 0 Å². The quantitative estimate of drug-likeness (QED) is 0.776. The molecule has 0 aliphatic carbocycles. The molecule has 1 aromatic rings. The van der Waals surface area contributed by atoms with Gasteiger partial charge in [-0.05, 0) is 43.8 Å². The average molecular weight is 280 g/mol. The Morgan fingerprint density at radius 1 is 1.21 bits per heavy atom. The van der Waals surface area contributed by atoms with Gasteiger partial charge in [-0.15, -0.1) is 0 Å². The summed E-state index contributed by atoms with van der Waals surface area (Å²) in [5.41, 5.74) is 2.67. The Labute approximate surface area is 123 Å². The standard InChI is InChI=1S/C16H28N2S/c1-6-15(12-19-5)18(4)16-10-8-14(9-11-16)13(3)17-7-2/h8-11,13,15,17H,6-7,12H2,1-5H3. The summed E-state index contributed by atoms with van der Waals surface area (Å²) in [6.45, 7) is 7.63. The third-order valence-corrected chi connectivity index (χ3v) is 4.41. The summed E-state index contributed by atoms with van der Waals surface area (Å²) in [6, 6.07) is 10.0. The van der Waals surface area contributed by atoms with E-state index >= 15 is 0 Å². The minimum atomic E-state index is 0.428. The van der Waals surface area contributed by atoms with E-state index in [-0.39, 0.29) is 0 Å². The van der Waals surface area contributed by atoms with Gasteiger partial charge < -0.3 is 10.2 Å². The predicted molar refractivity (Wildman–Crippen MR) is 89.4 cm³/mol. The molecule has 0 aliphatic rings. The fourth-order valence-corrected chi connectivity index (χ4v) is 3.17. The Morgan fingerprint density at radius 3 is 2.32 bits per heavy atom. The van der Waals surface area contributed by atoms with E-state index in [0.29, 0.717) is 12.1 Å². The zero-order chi connectivity index (χ0) is 14.3. The van der Waals surface area contributed by atoms with Crippen LogP contribution in [0, 0.1) is 0 Å². The van der Waals surface area contributed by atoms with E-state index in [1.54, 1.807) is 0 Å². The van der Waals surface area contributed by atoms with Gasteiger partial charge in [-0.2, -0.15) is 11.8 Å². The van der Waals surface area contributed by atoms with Crippen LogP contribution in [0.1, 0.15) is 38.8 Å². The van der Waals surface area contributed by atoms with Gasteiger partial charge in [0, 0.05) is 30.6 Å². The molecule has 0 saturated carbocycles. The van der Waals surface area contributed by atoms with Crippen LogP contribution < -0.4 is 10.2 Å². The number of hydrogen-bond acceptors (Lipinski definition) is 3. The van der Waals surface area contributed by atoms with E-state index in [2.05, 4.69) is 68.6 Å². The van der Waals surface area contributed by atoms with Crippen molar-refractivity contribution in [3.8, 4) is 0 Å². The van der Waals surface area contributed by atoms with Crippen LogP contribution in [0.25, 0.3) is 0 Å². The van der Waals surface area contributed by atoms with Gasteiger partial charge in [0.05, 0.1) is 0 Å². The monoisotopic (exact) mass is 280 g/mol. The molecule has 1 N–H and O–H groups in total. The summed E-state index contributed by atoms with van der Waals surface area (Å²) in [7, 11) is 2.20. The first-order chi connectivity index (χ1) is 9.13. The Hall–Kier alpha value is -0.670. The smallest absolute Gasteiger partial charge is 0.0374 e. The summed E-state index contributed by atoms with van der Waals surface area (Å²) in [5.74, 6) is 1.18. The van der Waals surface area contributed by atoms with Gasteiger partial charge in [0.2, 0.25) is 0 Å². The van der Waals surface area contributed by atoms with Crippen LogP contribution in [0.3, 0.4) is 0 Å². The van der Waals surface area contributed by atoms with Crippen LogP contribution >= 0.6 is 11.8 Å². The van der Waals surface area contributed by atoms with Crippen LogP contribution in [-0.4, -0.2) is 31.6 Å². The van der Waals surface area contributed by atoms with Crippen molar-refractivity contribution in [2.45, 2.75) is 39.3 Å². The van der Waals surface area contributed by atoms with Crippen LogP contribution in [0.15, 0.2) is 24.3 Å². The van der Waals surface area contributed by atoms with Gasteiger partial charge in [0.1, 0.15) is 0 Å². The first-order valence-electron chi connectivity index (χ1n) is 7.19. The molecule has 0 aliphatic heterocycles. The fourth-order valence-electron chi connectivity index (χ4n) is 2.33. The maximum atomic E-state index is 3.45. The third kappa shape index (κ3) is 4.73. The maximum absolute atomic E-state index is 3.45. The zero-order valence-corrected chi connectivity index (χ0v) is 13.8. The Bertz CT molecular complexity index is 350. The van der Waals surface area contributed by atoms with Crippen molar-refractivity contribution in [3.63, 3.8) is 0 Å². The summed E-state index contributed by atoms with van der Waals surface area (Å²) in [6.07, 6.45) is 3.37. The molecule has 2 atom stereocenters. The lowest BCUT2D eigenvalue weighted by Crippen LogP contribution is -2.33. The molecule has 2 unspecified atom stereocenters. The number of nitrogens with one attached hydrogen (secondary N) is 1. The van der Waals surface area contributed by atoms with E-state index in [4.69, 9.17) is 0 Å². The van der Waals surface area contributed by atoms with Crippen molar-refractivity contribution >= 4 is 17.4 Å². The molecule has 0 saturated heterocycles. The average Bonchev–Trinajstić information content (AvgIpc) is 2.44. The number of anilines is 1. The topological polar surface area (TPSA) is 15.3 Å². The third-order valence-electron chi connectivity index (χ3n) is 3.69. The summed E-state index contributed by atoms with van der Waals surface area (Å²) in [4.78, 5) is 2.40. The Morgan fingerprint density at radius 2 is 1.84 bits per heavy atom. The van der Waals surface area contributed by atoms with Crippen LogP contribution in [-0.2, 0) is 0 Å². The molecule has 0 amide bonds. The molecule has 0 spiro atoms. The lowest BCUT2D eigenvalue weighted by Gasteiger charge is -2.29. The van der Waals surface area contributed by atoms with Gasteiger partial charge in [-0.25, -0.2) is 0 Å². The van der Waals surface area contributed by atoms with E-state index in [0.717, 1.165) is 6.54 Å². The molecule has 1 aromatic carbocycles. The van der Waals surface area contributed by atoms with E-state index < -0.39 is 0 Å². The van der Waals surface area contributed by atoms with E-state index in [1.807, 2.05) is 11.8 Å². The number of thioether (sulfide) groups is 1. The van der Waals surface area contributed by atoms with Gasteiger partial charge in [0.15, 0.2) is 0 Å². The van der Waals surface area contributed by atoms with Gasteiger partial charge in [-0.1, -0.05) is 26.0 Å². The molecule has 3 heteroatoms. The second-order valence-electron chi connectivity index (χ2n) is 5.00. The summed E-state index contributed by atoms with van der Waals surface area (Å²) >= 11 is 1.92. The van der Waals surface area contributed by atoms with Gasteiger partial charge in [0.25, 0.3) is 0 Å². The fraction of sp³-hybridized carbons (Fsp3) is 0.625. The number of rotatable bonds is 8. The van der Waals surface area contributed by atoms with Crippen molar-refractivity contribution in [1.29, 1.82) is 0 Å². The van der Waals surface area contributed by atoms with E-state index in [1.165, 1.54) is 23.4 Å². The first kappa shape index (κ1) is 16.4. The van der Waals surface area contributed by atoms with Crippen molar-refractivity contribution in [3.05, 3.63) is 29.8 Å². The Kier molecular flexibility index (Phi) is 7.32. The zero-order valence-electron chi connectivity index (χ0n) is 12.9. The molecule has 108 valence electrons. The molecule has 19 heavy (non-hydrogen) atoms. The van der Waals surface area contributed by atoms with Crippen molar-refractivity contribution in [1.82, 2.24) is 5.32 Å². The van der Waals surface area contributed by atoms with Crippen LogP contribution in [0.2, 0.25) is 0 Å². The summed E-state index contributed by atoms with van der Waals surface area (Å²) in [5, 5.41) is 3.45. The highest BCUT2D eigenvalue weighted by Gasteiger charge is 2.13. The lowest BCUT2D eigenvalue weighted by molar-refractivity contribution is 0.598. The predicted octanol–water partition coefficient (Wildman–Crippen LogP) is 3.93. The van der Waals surface area contributed by atoms with Crippen LogP contribution in [0.4, 0.5) is 5.69 Å². The minimum Gasteiger partial charge on any atom is -0.371 e. The highest BCUT2D eigenvalue weighted by molar-refractivity contribution is 7.98. The van der Waals surface area contributed by atoms with Crippen molar-refractivity contribution < 1.29 is 0 Å². The highest BCUT2D eigenvalue weighted by Crippen LogP contribution is 2.21. The molecule has 0 aromatic heterocycles. The minimum absolute atomic E-state index is 0.428. The molecule has 2 nitrogen and oxygen atoms in total. The molecule has 0 bridgehead atoms. The molecular formula is C16H28N2S. The number of nitrogens with zero attached hydrogens (tertiary/aromatic N) is 1. The molecule has 0 fully saturated rings. The normalized spacial score (nSPS) is 14.2. The second-order valence-corrected chi connectivity index (χ2v) is 5.91. The van der Waals surface area contributed by atoms with Gasteiger partial charge in [-0.3, -0.25) is 0 Å². The molecule has 0 radical (unpaired) electrons. The number of benzene rings is 1. The maximum Gasteiger partial charge on any atom is 0.0374 e. The largest absolute Gasteiger partial charge is 0.371 e. The summed E-state index contributed by atoms with van der Waals surface area (Å²) < 4.78 is 0. The lowest BCUT2D eigenvalue weighted by atomic mass is 10.1. The van der Waals surface area contributed by atoms with Crippen molar-refractivity contribution in [2.24, 2.45) is 0 Å². The Balaban J connectivity index is 2.74. The molecule has 1 rings (SSSR count). The number of hydrogen-bond donors (Lipinski definition) is 1. The second kappa shape index (κ2) is 8.49. The molecular weight excluding hydrogens is 252 g/mol. The van der Waals surface area contributed by atoms with Gasteiger partial charge >= 0.3 is 0 Å². The van der Waals surface area contributed by atoms with Crippen LogP contribution in [0.5, 0.6) is 0 Å². The first-order valence-corrected chi connectivity index (χ1v) is 8.58. The molecule has 0 heterocycles. The highest BCUT2D eigenvalue weighted by atomic mass is 32.2.